The van der Waals surface area contributed by atoms with Gasteiger partial charge in [-0.2, -0.15) is 0 Å². The molecule has 50 valence electrons. The lowest BCUT2D eigenvalue weighted by atomic mass is 10.3. The Hall–Kier alpha value is 0.210. The van der Waals surface area contributed by atoms with Crippen molar-refractivity contribution in [1.29, 1.82) is 0 Å². The van der Waals surface area contributed by atoms with Crippen LogP contribution in [0.1, 0.15) is 6.42 Å². The molecule has 0 saturated heterocycles. The molecule has 0 aromatic carbocycles. The molecule has 8 heavy (non-hydrogen) atoms. The zero-order chi connectivity index (χ0) is 4.41. The van der Waals surface area contributed by atoms with Crippen LogP contribution in [0.2, 0.25) is 0 Å². The van der Waals surface area contributed by atoms with Crippen LogP contribution < -0.4 is 5.73 Å². The second-order valence-electron chi connectivity index (χ2n) is 1.54. The highest BCUT2D eigenvalue weighted by Gasteiger charge is 2.01. The van der Waals surface area contributed by atoms with E-state index in [1.165, 1.54) is 0 Å². The maximum Gasteiger partial charge on any atom is 0.0540 e. The summed E-state index contributed by atoms with van der Waals surface area (Å²) in [5.74, 6) is 0. The van der Waals surface area contributed by atoms with Gasteiger partial charge in [0.1, 0.15) is 0 Å². The van der Waals surface area contributed by atoms with Crippen LogP contribution in [0.4, 0.5) is 0 Å². The summed E-state index contributed by atoms with van der Waals surface area (Å²) in [4.78, 5) is 3.91. The van der Waals surface area contributed by atoms with Crippen LogP contribution in [-0.4, -0.2) is 18.8 Å². The standard InChI is InChI=1S/C4H8N2.2ClH/c5-4-1-2-6-3-4;;/h2,4H,1,3,5H2;2*1H. The largest absolute Gasteiger partial charge is 0.326 e. The second-order valence-corrected chi connectivity index (χ2v) is 1.54. The summed E-state index contributed by atoms with van der Waals surface area (Å²) in [5.41, 5.74) is 5.41. The fourth-order valence-corrected chi connectivity index (χ4v) is 0.494. The lowest BCUT2D eigenvalue weighted by Crippen LogP contribution is -2.18. The average molecular weight is 157 g/mol. The first-order valence-corrected chi connectivity index (χ1v) is 2.13. The molecule has 1 rings (SSSR count). The van der Waals surface area contributed by atoms with Crippen molar-refractivity contribution >= 4 is 31.0 Å². The third-order valence-corrected chi connectivity index (χ3v) is 0.877. The minimum Gasteiger partial charge on any atom is -0.326 e. The number of hydrogen-bond donors (Lipinski definition) is 1. The van der Waals surface area contributed by atoms with Crippen LogP contribution in [0.3, 0.4) is 0 Å². The Kier molecular flexibility index (Phi) is 7.40. The van der Waals surface area contributed by atoms with Gasteiger partial charge in [-0.25, -0.2) is 0 Å². The highest BCUT2D eigenvalue weighted by Crippen LogP contribution is 1.92. The Labute approximate surface area is 61.4 Å². The number of halogens is 2. The Balaban J connectivity index is 0. The van der Waals surface area contributed by atoms with E-state index in [1.54, 1.807) is 0 Å². The van der Waals surface area contributed by atoms with Crippen LogP contribution in [0.5, 0.6) is 0 Å². The molecule has 0 aliphatic carbocycles. The molecule has 1 aliphatic rings. The number of rotatable bonds is 0. The summed E-state index contributed by atoms with van der Waals surface area (Å²) in [7, 11) is 0. The van der Waals surface area contributed by atoms with Gasteiger partial charge < -0.3 is 5.73 Å². The molecule has 2 N–H and O–H groups in total. The first kappa shape index (κ1) is 11.1. The van der Waals surface area contributed by atoms with E-state index in [1.807, 2.05) is 6.21 Å². The highest BCUT2D eigenvalue weighted by molar-refractivity contribution is 5.85. The van der Waals surface area contributed by atoms with Gasteiger partial charge in [-0.05, 0) is 6.42 Å². The van der Waals surface area contributed by atoms with Crippen LogP contribution in [-0.2, 0) is 0 Å². The first-order valence-electron chi connectivity index (χ1n) is 2.13. The maximum absolute atomic E-state index is 5.41. The number of nitrogens with two attached hydrogens (primary N) is 1. The van der Waals surface area contributed by atoms with E-state index in [0.29, 0.717) is 6.04 Å². The van der Waals surface area contributed by atoms with Crippen LogP contribution in [0, 0.1) is 0 Å². The molecule has 0 amide bonds. The molecule has 0 aromatic heterocycles. The zero-order valence-corrected chi connectivity index (χ0v) is 6.04. The van der Waals surface area contributed by atoms with Gasteiger partial charge in [-0.15, -0.1) is 24.8 Å². The minimum absolute atomic E-state index is 0. The van der Waals surface area contributed by atoms with Crippen molar-refractivity contribution in [3.05, 3.63) is 0 Å². The molecule has 0 bridgehead atoms. The number of nitrogens with zero attached hydrogens (tertiary/aromatic N) is 1. The van der Waals surface area contributed by atoms with Crippen LogP contribution >= 0.6 is 24.8 Å². The van der Waals surface area contributed by atoms with Gasteiger partial charge in [0.25, 0.3) is 0 Å². The van der Waals surface area contributed by atoms with Crippen molar-refractivity contribution in [3.63, 3.8) is 0 Å². The van der Waals surface area contributed by atoms with Crippen LogP contribution in [0.25, 0.3) is 0 Å². The summed E-state index contributed by atoms with van der Waals surface area (Å²) in [5, 5.41) is 0. The van der Waals surface area contributed by atoms with Gasteiger partial charge in [0.2, 0.25) is 0 Å². The normalized spacial score (nSPS) is 23.9. The van der Waals surface area contributed by atoms with Gasteiger partial charge in [-0.1, -0.05) is 0 Å². The predicted octanol–water partition coefficient (Wildman–Crippen LogP) is 0.632. The molecule has 1 unspecified atom stereocenters. The summed E-state index contributed by atoms with van der Waals surface area (Å²) in [6.07, 6.45) is 2.85. The molecule has 4 heteroatoms. The van der Waals surface area contributed by atoms with Crippen LogP contribution in [0.15, 0.2) is 4.99 Å². The number of aliphatic imine (C=N–C) groups is 1. The predicted molar refractivity (Wildman–Crippen MR) is 40.4 cm³/mol. The Morgan fingerprint density at radius 1 is 1.50 bits per heavy atom. The summed E-state index contributed by atoms with van der Waals surface area (Å²) >= 11 is 0. The molecule has 1 aliphatic heterocycles. The van der Waals surface area contributed by atoms with Crippen molar-refractivity contribution < 1.29 is 0 Å². The van der Waals surface area contributed by atoms with E-state index in [9.17, 15) is 0 Å². The molecule has 0 radical (unpaired) electrons. The minimum atomic E-state index is 0. The Morgan fingerprint density at radius 2 is 2.12 bits per heavy atom. The first-order chi connectivity index (χ1) is 2.89. The molecule has 1 atom stereocenters. The SMILES string of the molecule is Cl.Cl.NC1CC=NC1. The van der Waals surface area contributed by atoms with E-state index >= 15 is 0 Å². The topological polar surface area (TPSA) is 38.4 Å². The van der Waals surface area contributed by atoms with Crippen molar-refractivity contribution in [3.8, 4) is 0 Å². The maximum atomic E-state index is 5.41. The van der Waals surface area contributed by atoms with Crippen molar-refractivity contribution in [2.45, 2.75) is 12.5 Å². The molecule has 0 fully saturated rings. The van der Waals surface area contributed by atoms with Gasteiger partial charge in [0.05, 0.1) is 6.54 Å². The zero-order valence-electron chi connectivity index (χ0n) is 4.41. The van der Waals surface area contributed by atoms with Gasteiger partial charge in [0, 0.05) is 12.3 Å². The van der Waals surface area contributed by atoms with E-state index in [4.69, 9.17) is 5.73 Å². The van der Waals surface area contributed by atoms with Gasteiger partial charge >= 0.3 is 0 Å². The van der Waals surface area contributed by atoms with Crippen molar-refractivity contribution in [1.82, 2.24) is 0 Å². The molecule has 0 aromatic rings. The van der Waals surface area contributed by atoms with Crippen molar-refractivity contribution in [2.75, 3.05) is 6.54 Å². The lowest BCUT2D eigenvalue weighted by molar-refractivity contribution is 0.757. The third-order valence-electron chi connectivity index (χ3n) is 0.877. The molecular formula is C4H10Cl2N2. The van der Waals surface area contributed by atoms with Crippen molar-refractivity contribution in [2.24, 2.45) is 10.7 Å². The highest BCUT2D eigenvalue weighted by atomic mass is 35.5. The average Bonchev–Trinajstić information content (AvgIpc) is 1.86. The molecule has 1 heterocycles. The smallest absolute Gasteiger partial charge is 0.0540 e. The molecular weight excluding hydrogens is 147 g/mol. The summed E-state index contributed by atoms with van der Waals surface area (Å²) in [6.45, 7) is 0.833. The molecule has 2 nitrogen and oxygen atoms in total. The van der Waals surface area contributed by atoms with E-state index in [-0.39, 0.29) is 24.8 Å². The van der Waals surface area contributed by atoms with E-state index in [2.05, 4.69) is 4.99 Å². The Morgan fingerprint density at radius 3 is 2.25 bits per heavy atom. The summed E-state index contributed by atoms with van der Waals surface area (Å²) in [6, 6.07) is 0.324. The quantitative estimate of drug-likeness (QED) is 0.550. The molecule has 0 spiro atoms. The fourth-order valence-electron chi connectivity index (χ4n) is 0.494. The van der Waals surface area contributed by atoms with Gasteiger partial charge in [-0.3, -0.25) is 4.99 Å². The van der Waals surface area contributed by atoms with E-state index in [0.717, 1.165) is 13.0 Å². The Bertz CT molecular complexity index is 66.4. The number of hydrogen-bond acceptors (Lipinski definition) is 2. The second kappa shape index (κ2) is 5.35. The summed E-state index contributed by atoms with van der Waals surface area (Å²) < 4.78 is 0. The van der Waals surface area contributed by atoms with Gasteiger partial charge in [0.15, 0.2) is 0 Å². The fraction of sp³-hybridized carbons (Fsp3) is 0.750. The monoisotopic (exact) mass is 156 g/mol. The molecule has 0 saturated carbocycles. The third kappa shape index (κ3) is 3.24. The van der Waals surface area contributed by atoms with E-state index < -0.39 is 0 Å². The lowest BCUT2D eigenvalue weighted by Gasteiger charge is -1.91.